The van der Waals surface area contributed by atoms with E-state index in [4.69, 9.17) is 0 Å². The van der Waals surface area contributed by atoms with Gasteiger partial charge in [-0.15, -0.1) is 13.2 Å². The number of amides is 1. The molecule has 0 N–H and O–H groups in total. The van der Waals surface area contributed by atoms with E-state index < -0.39 is 15.8 Å². The minimum Gasteiger partial charge on any atom is -0.333 e. The summed E-state index contributed by atoms with van der Waals surface area (Å²) in [5.41, 5.74) is -0.107. The van der Waals surface area contributed by atoms with Crippen molar-refractivity contribution in [1.29, 1.82) is 0 Å². The molecule has 2 saturated carbocycles. The number of allylic oxidation sites excluding steroid dienone is 1. The number of hydrogen-bond donors (Lipinski definition) is 0. The zero-order valence-corrected chi connectivity index (χ0v) is 17.4. The van der Waals surface area contributed by atoms with E-state index in [9.17, 15) is 17.6 Å². The summed E-state index contributed by atoms with van der Waals surface area (Å²) in [6, 6.07) is 5.51. The molecule has 4 rings (SSSR count). The van der Waals surface area contributed by atoms with Crippen LogP contribution in [0, 0.1) is 23.1 Å². The van der Waals surface area contributed by atoms with Gasteiger partial charge < -0.3 is 4.90 Å². The molecule has 1 spiro atoms. The fourth-order valence-corrected chi connectivity index (χ4v) is 6.57. The van der Waals surface area contributed by atoms with Gasteiger partial charge in [-0.3, -0.25) is 4.79 Å². The highest BCUT2D eigenvalue weighted by Gasteiger charge is 2.58. The van der Waals surface area contributed by atoms with Crippen LogP contribution in [-0.2, 0) is 14.8 Å². The number of halogens is 1. The second-order valence-corrected chi connectivity index (χ2v) is 10.6. The topological polar surface area (TPSA) is 57.7 Å². The zero-order valence-electron chi connectivity index (χ0n) is 16.6. The Morgan fingerprint density at radius 1 is 1.31 bits per heavy atom. The normalized spacial score (nSPS) is 26.8. The molecule has 1 aromatic carbocycles. The molecule has 1 heterocycles. The number of benzene rings is 1. The molecular formula is C22H27FN2O3S. The first kappa shape index (κ1) is 20.3. The fraction of sp³-hybridized carbons (Fsp3) is 0.500. The van der Waals surface area contributed by atoms with Crippen molar-refractivity contribution >= 4 is 15.9 Å². The third-order valence-electron chi connectivity index (χ3n) is 6.70. The maximum Gasteiger partial charge on any atom is 0.246 e. The standard InChI is InChI=1S/C22H27FN2O3S/c1-4-15(3)25(21(26)18-10-16(18)5-2)17-11-22(12-17)13-24(14-22)29(27,28)20-9-7-6-8-19(20)23/h4-9,15-18H,1-2,10-14H2,3H3/t15?,16-,18+/m1/s1. The van der Waals surface area contributed by atoms with Gasteiger partial charge in [0, 0.05) is 36.5 Å². The van der Waals surface area contributed by atoms with Crippen LogP contribution >= 0.6 is 0 Å². The minimum absolute atomic E-state index is 0.0192. The van der Waals surface area contributed by atoms with Crippen molar-refractivity contribution in [3.63, 3.8) is 0 Å². The van der Waals surface area contributed by atoms with Gasteiger partial charge in [-0.2, -0.15) is 4.31 Å². The van der Waals surface area contributed by atoms with Crippen LogP contribution in [0.2, 0.25) is 0 Å². The van der Waals surface area contributed by atoms with Crippen LogP contribution in [-0.4, -0.2) is 48.7 Å². The number of sulfonamides is 1. The van der Waals surface area contributed by atoms with Gasteiger partial charge in [-0.25, -0.2) is 12.8 Å². The summed E-state index contributed by atoms with van der Waals surface area (Å²) in [6.07, 6.45) is 6.02. The molecule has 0 bridgehead atoms. The minimum atomic E-state index is -3.82. The maximum atomic E-state index is 14.0. The second kappa shape index (κ2) is 7.06. The molecule has 29 heavy (non-hydrogen) atoms. The Bertz CT molecular complexity index is 947. The number of rotatable bonds is 7. The Labute approximate surface area is 171 Å². The van der Waals surface area contributed by atoms with Gasteiger partial charge in [-0.05, 0) is 44.2 Å². The largest absolute Gasteiger partial charge is 0.333 e. The lowest BCUT2D eigenvalue weighted by molar-refractivity contribution is -0.147. The maximum absolute atomic E-state index is 14.0. The molecule has 2 aliphatic carbocycles. The van der Waals surface area contributed by atoms with E-state index in [1.807, 2.05) is 17.9 Å². The summed E-state index contributed by atoms with van der Waals surface area (Å²) in [6.45, 7) is 10.4. The molecule has 156 valence electrons. The van der Waals surface area contributed by atoms with Crippen LogP contribution in [0.3, 0.4) is 0 Å². The number of nitrogens with zero attached hydrogens (tertiary/aromatic N) is 2. The van der Waals surface area contributed by atoms with E-state index in [2.05, 4.69) is 13.2 Å². The van der Waals surface area contributed by atoms with Crippen LogP contribution in [0.25, 0.3) is 0 Å². The molecule has 1 amide bonds. The van der Waals surface area contributed by atoms with Crippen molar-refractivity contribution in [1.82, 2.24) is 9.21 Å². The van der Waals surface area contributed by atoms with Gasteiger partial charge in [0.25, 0.3) is 0 Å². The average molecular weight is 419 g/mol. The third-order valence-corrected chi connectivity index (χ3v) is 8.53. The molecule has 1 aromatic rings. The average Bonchev–Trinajstić information content (AvgIpc) is 3.41. The van der Waals surface area contributed by atoms with Crippen molar-refractivity contribution in [2.24, 2.45) is 17.3 Å². The second-order valence-electron chi connectivity index (χ2n) is 8.73. The highest BCUT2D eigenvalue weighted by molar-refractivity contribution is 7.89. The first-order chi connectivity index (χ1) is 13.7. The lowest BCUT2D eigenvalue weighted by Gasteiger charge is -2.60. The van der Waals surface area contributed by atoms with Gasteiger partial charge in [0.2, 0.25) is 15.9 Å². The Morgan fingerprint density at radius 3 is 2.52 bits per heavy atom. The third kappa shape index (κ3) is 3.34. The van der Waals surface area contributed by atoms with Crippen molar-refractivity contribution in [2.75, 3.05) is 13.1 Å². The monoisotopic (exact) mass is 418 g/mol. The molecule has 1 aliphatic heterocycles. The van der Waals surface area contributed by atoms with E-state index in [1.54, 1.807) is 6.08 Å². The van der Waals surface area contributed by atoms with Gasteiger partial charge in [-0.1, -0.05) is 24.3 Å². The van der Waals surface area contributed by atoms with Gasteiger partial charge in [0.1, 0.15) is 10.7 Å². The first-order valence-corrected chi connectivity index (χ1v) is 11.5. The summed E-state index contributed by atoms with van der Waals surface area (Å²) in [4.78, 5) is 14.6. The van der Waals surface area contributed by atoms with Crippen molar-refractivity contribution in [3.05, 3.63) is 55.4 Å². The summed E-state index contributed by atoms with van der Waals surface area (Å²) < 4.78 is 40.7. The SMILES string of the molecule is C=CC(C)N(C(=O)[C@H]1C[C@H]1C=C)C1CC2(C1)CN(S(=O)(=O)c1ccccc1F)C2. The molecule has 1 saturated heterocycles. The van der Waals surface area contributed by atoms with Crippen molar-refractivity contribution < 1.29 is 17.6 Å². The Hall–Kier alpha value is -1.99. The van der Waals surface area contributed by atoms with Crippen LogP contribution in [0.4, 0.5) is 4.39 Å². The molecule has 3 fully saturated rings. The Balaban J connectivity index is 1.41. The van der Waals surface area contributed by atoms with E-state index in [1.165, 1.54) is 22.5 Å². The number of carbonyl (C=O) groups excluding carboxylic acids is 1. The van der Waals surface area contributed by atoms with Gasteiger partial charge in [0.05, 0.1) is 0 Å². The molecule has 0 radical (unpaired) electrons. The van der Waals surface area contributed by atoms with Crippen LogP contribution in [0.5, 0.6) is 0 Å². The van der Waals surface area contributed by atoms with Gasteiger partial charge >= 0.3 is 0 Å². The lowest BCUT2D eigenvalue weighted by Crippen LogP contribution is -2.68. The van der Waals surface area contributed by atoms with Crippen LogP contribution < -0.4 is 0 Å². The van der Waals surface area contributed by atoms with E-state index >= 15 is 0 Å². The molecule has 1 unspecified atom stereocenters. The predicted octanol–water partition coefficient (Wildman–Crippen LogP) is 3.20. The molecule has 5 nitrogen and oxygen atoms in total. The summed E-state index contributed by atoms with van der Waals surface area (Å²) >= 11 is 0. The summed E-state index contributed by atoms with van der Waals surface area (Å²) in [5, 5.41) is 0. The Kier molecular flexibility index (Phi) is 4.94. The fourth-order valence-electron chi connectivity index (χ4n) is 4.84. The predicted molar refractivity (Wildman–Crippen MR) is 109 cm³/mol. The van der Waals surface area contributed by atoms with E-state index in [0.29, 0.717) is 13.1 Å². The van der Waals surface area contributed by atoms with Crippen LogP contribution in [0.1, 0.15) is 26.2 Å². The molecule has 3 atom stereocenters. The quantitative estimate of drug-likeness (QED) is 0.639. The summed E-state index contributed by atoms with van der Waals surface area (Å²) in [5.74, 6) is -0.290. The zero-order chi connectivity index (χ0) is 21.0. The smallest absolute Gasteiger partial charge is 0.246 e. The van der Waals surface area contributed by atoms with E-state index in [0.717, 1.165) is 25.3 Å². The number of hydrogen-bond acceptors (Lipinski definition) is 3. The van der Waals surface area contributed by atoms with E-state index in [-0.39, 0.29) is 40.1 Å². The van der Waals surface area contributed by atoms with Gasteiger partial charge in [0.15, 0.2) is 0 Å². The summed E-state index contributed by atoms with van der Waals surface area (Å²) in [7, 11) is -3.82. The molecule has 7 heteroatoms. The van der Waals surface area contributed by atoms with Crippen molar-refractivity contribution in [3.8, 4) is 0 Å². The highest BCUT2D eigenvalue weighted by Crippen LogP contribution is 2.53. The lowest BCUT2D eigenvalue weighted by atomic mass is 9.61. The first-order valence-electron chi connectivity index (χ1n) is 10.0. The van der Waals surface area contributed by atoms with Crippen LogP contribution in [0.15, 0.2) is 54.5 Å². The molecule has 0 aromatic heterocycles. The molecular weight excluding hydrogens is 391 g/mol. The Morgan fingerprint density at radius 2 is 1.97 bits per heavy atom. The van der Waals surface area contributed by atoms with Crippen molar-refractivity contribution in [2.45, 2.75) is 43.2 Å². The number of carbonyl (C=O) groups is 1. The molecule has 3 aliphatic rings. The highest BCUT2D eigenvalue weighted by atomic mass is 32.2.